The topological polar surface area (TPSA) is 94.7 Å². The molecule has 0 radical (unpaired) electrons. The molecule has 0 bridgehead atoms. The van der Waals surface area contributed by atoms with Crippen LogP contribution in [0.1, 0.15) is 96.8 Å². The van der Waals surface area contributed by atoms with Gasteiger partial charge in [0.1, 0.15) is 10.5 Å². The average molecular weight is 815 g/mol. The van der Waals surface area contributed by atoms with Crippen molar-refractivity contribution < 1.29 is 96.7 Å². The third-order valence-electron chi connectivity index (χ3n) is 3.70. The minimum absolute atomic E-state index is 0. The van der Waals surface area contributed by atoms with Gasteiger partial charge in [0.25, 0.3) is 0 Å². The summed E-state index contributed by atoms with van der Waals surface area (Å²) in [6, 6.07) is 0. The van der Waals surface area contributed by atoms with Gasteiger partial charge in [-0.3, -0.25) is 0 Å². The van der Waals surface area contributed by atoms with E-state index in [4.69, 9.17) is 4.43 Å². The Labute approximate surface area is 213 Å². The molecule has 0 saturated heterocycles. The quantitative estimate of drug-likeness (QED) is 0.157. The molecule has 0 heterocycles. The Morgan fingerprint density at radius 2 is 0.760 bits per heavy atom. The standard InChI is InChI=1S/C16H36OSi.2CH3.3O.2Th/c1-2-3-4-5-6-7-8-9-10-11-12-13-14-15-16-17-18;;;;;;;/h2-16H2,1,18H3;2*1H3;;;;;/q;;;3*-2;2*+3. The van der Waals surface area contributed by atoms with Crippen molar-refractivity contribution >= 4 is 10.5 Å². The normalized spacial score (nSPS) is 8.60. The third-order valence-corrected chi connectivity index (χ3v) is 4.11. The van der Waals surface area contributed by atoms with Crippen LogP contribution in [0.2, 0.25) is 5.41 Å². The molecule has 0 unspecified atom stereocenters. The van der Waals surface area contributed by atoms with E-state index in [1.54, 1.807) is 0 Å². The molecule has 0 spiro atoms. The molecule has 25 heavy (non-hydrogen) atoms. The van der Waals surface area contributed by atoms with Gasteiger partial charge in [0, 0.05) is 6.61 Å². The van der Waals surface area contributed by atoms with Gasteiger partial charge in [0.2, 0.25) is 0 Å². The predicted octanol–water partition coefficient (Wildman–Crippen LogP) is 5.58. The van der Waals surface area contributed by atoms with Crippen LogP contribution in [0.4, 0.5) is 0 Å². The summed E-state index contributed by atoms with van der Waals surface area (Å²) in [5.41, 5.74) is 0. The van der Waals surface area contributed by atoms with Crippen molar-refractivity contribution in [1.29, 1.82) is 0 Å². The van der Waals surface area contributed by atoms with Crippen molar-refractivity contribution in [3.63, 3.8) is 0 Å². The summed E-state index contributed by atoms with van der Waals surface area (Å²) in [4.78, 5) is 0. The van der Waals surface area contributed by atoms with E-state index in [-0.39, 0.29) is 16.4 Å². The number of rotatable bonds is 15. The van der Waals surface area contributed by atoms with E-state index in [1.807, 2.05) is 0 Å². The molecule has 0 aliphatic heterocycles. The van der Waals surface area contributed by atoms with Gasteiger partial charge >= 0.3 is 81.2 Å². The maximum Gasteiger partial charge on any atom is -2.00 e. The first kappa shape index (κ1) is 41.9. The van der Waals surface area contributed by atoms with E-state index < -0.39 is 0 Å². The number of hydrogen-bond acceptors (Lipinski definition) is 1. The SMILES string of the molecule is CCCCCCCCCCCCCCCCO[SiH3].[CH3][Th+3].[CH3][Th+3].[O-2].[O-2].[O-2]. The Bertz CT molecular complexity index is 143. The minimum atomic E-state index is 0. The molecule has 0 aromatic rings. The van der Waals surface area contributed by atoms with Gasteiger partial charge in [-0.15, -0.1) is 0 Å². The fourth-order valence-corrected chi connectivity index (χ4v) is 2.73. The van der Waals surface area contributed by atoms with E-state index in [9.17, 15) is 0 Å². The van der Waals surface area contributed by atoms with Crippen molar-refractivity contribution in [2.45, 2.75) is 102 Å². The molecule has 0 aliphatic rings. The fraction of sp³-hybridized carbons (Fsp3) is 1.00. The van der Waals surface area contributed by atoms with E-state index in [0.29, 0.717) is 0 Å². The molecule has 0 fully saturated rings. The molecule has 150 valence electrons. The van der Waals surface area contributed by atoms with Gasteiger partial charge in [0.05, 0.1) is 0 Å². The first-order valence-corrected chi connectivity index (χ1v) is 18.4. The summed E-state index contributed by atoms with van der Waals surface area (Å²) in [6.07, 6.45) is 20.1. The van der Waals surface area contributed by atoms with Crippen LogP contribution in [0, 0.1) is 75.8 Å². The molecule has 0 aromatic heterocycles. The zero-order valence-corrected chi connectivity index (χ0v) is 27.5. The maximum absolute atomic E-state index is 5.19. The minimum Gasteiger partial charge on any atom is -2.00 e. The Kier molecular flexibility index (Phi) is 84.6. The molecular weight excluding hydrogens is 772 g/mol. The van der Waals surface area contributed by atoms with Crippen LogP contribution in [-0.2, 0) is 20.9 Å². The van der Waals surface area contributed by atoms with Crippen molar-refractivity contribution in [3.8, 4) is 0 Å². The van der Waals surface area contributed by atoms with E-state index in [0.717, 1.165) is 92.9 Å². The van der Waals surface area contributed by atoms with Crippen molar-refractivity contribution in [2.24, 2.45) is 0 Å². The second-order valence-corrected chi connectivity index (χ2v) is 6.17. The molecule has 0 aromatic carbocycles. The maximum atomic E-state index is 5.19. The van der Waals surface area contributed by atoms with Crippen LogP contribution >= 0.6 is 0 Å². The Morgan fingerprint density at radius 1 is 0.520 bits per heavy atom. The van der Waals surface area contributed by atoms with Gasteiger partial charge in [-0.05, 0) is 6.42 Å². The first-order chi connectivity index (χ1) is 10.9. The zero-order valence-electron chi connectivity index (χ0n) is 17.2. The molecule has 0 saturated carbocycles. The number of unbranched alkanes of at least 4 members (excludes halogenated alkanes) is 13. The molecule has 7 heteroatoms. The first-order valence-electron chi connectivity index (χ1n) is 9.40. The van der Waals surface area contributed by atoms with Crippen molar-refractivity contribution in [1.82, 2.24) is 0 Å². The van der Waals surface area contributed by atoms with Crippen LogP contribution < -0.4 is 0 Å². The van der Waals surface area contributed by atoms with Gasteiger partial charge < -0.3 is 20.9 Å². The predicted molar refractivity (Wildman–Crippen MR) is 100.0 cm³/mol. The van der Waals surface area contributed by atoms with Crippen molar-refractivity contribution in [3.05, 3.63) is 0 Å². The third kappa shape index (κ3) is 52.0. The van der Waals surface area contributed by atoms with E-state index >= 15 is 0 Å². The average Bonchev–Trinajstić information content (AvgIpc) is 2.59. The van der Waals surface area contributed by atoms with Crippen LogP contribution in [0.3, 0.4) is 0 Å². The second kappa shape index (κ2) is 50.4. The molecule has 0 aliphatic carbocycles. The molecule has 0 amide bonds. The molecule has 0 rings (SSSR count). The monoisotopic (exact) mass is 814 g/mol. The summed E-state index contributed by atoms with van der Waals surface area (Å²) >= 11 is 2.32. The largest absolute Gasteiger partial charge is 2.00 e. The molecule has 0 N–H and O–H groups in total. The summed E-state index contributed by atoms with van der Waals surface area (Å²) < 4.78 is 9.52. The molecule has 4 nitrogen and oxygen atoms in total. The van der Waals surface area contributed by atoms with Crippen LogP contribution in [-0.4, -0.2) is 17.1 Å². The van der Waals surface area contributed by atoms with E-state index in [1.165, 1.54) is 89.9 Å². The van der Waals surface area contributed by atoms with E-state index in [2.05, 4.69) is 12.3 Å². The van der Waals surface area contributed by atoms with Crippen LogP contribution in [0.5, 0.6) is 0 Å². The Hall–Kier alpha value is 2.71. The zero-order chi connectivity index (χ0) is 17.3. The Morgan fingerprint density at radius 3 is 1.00 bits per heavy atom. The fourth-order valence-electron chi connectivity index (χ4n) is 2.44. The Balaban J connectivity index is -0.000000119. The second-order valence-electron chi connectivity index (χ2n) is 5.59. The van der Waals surface area contributed by atoms with Gasteiger partial charge in [-0.2, -0.15) is 0 Å². The van der Waals surface area contributed by atoms with Crippen molar-refractivity contribution in [2.75, 3.05) is 6.61 Å². The summed E-state index contributed by atoms with van der Waals surface area (Å²) in [6.45, 7) is 3.29. The van der Waals surface area contributed by atoms with Crippen LogP contribution in [0.25, 0.3) is 0 Å². The van der Waals surface area contributed by atoms with Gasteiger partial charge in [-0.1, -0.05) is 90.4 Å². The summed E-state index contributed by atoms with van der Waals surface area (Å²) in [5, 5.41) is 0. The summed E-state index contributed by atoms with van der Waals surface area (Å²) in [7, 11) is 0.910. The smallest absolute Gasteiger partial charge is 2.00 e. The van der Waals surface area contributed by atoms with Gasteiger partial charge in [0.15, 0.2) is 0 Å². The number of hydrogen-bond donors (Lipinski definition) is 0. The van der Waals surface area contributed by atoms with Crippen LogP contribution in [0.15, 0.2) is 0 Å². The molecule has 0 atom stereocenters. The summed E-state index contributed by atoms with van der Waals surface area (Å²) in [5.74, 6) is 0. The van der Waals surface area contributed by atoms with Gasteiger partial charge in [-0.25, -0.2) is 0 Å². The molecular formula is C18H42O4SiTh2.